The van der Waals surface area contributed by atoms with Gasteiger partial charge in [0.2, 0.25) is 0 Å². The molecule has 1 amide bonds. The summed E-state index contributed by atoms with van der Waals surface area (Å²) in [5.74, 6) is 2.03. The molecule has 6 nitrogen and oxygen atoms in total. The van der Waals surface area contributed by atoms with E-state index in [1.54, 1.807) is 4.90 Å². The summed E-state index contributed by atoms with van der Waals surface area (Å²) in [6.45, 7) is 7.52. The highest BCUT2D eigenvalue weighted by Crippen LogP contribution is 2.11. The maximum absolute atomic E-state index is 11.7. The first-order valence-electron chi connectivity index (χ1n) is 8.16. The minimum absolute atomic E-state index is 0. The zero-order valence-corrected chi connectivity index (χ0v) is 17.6. The summed E-state index contributed by atoms with van der Waals surface area (Å²) in [6.07, 6.45) is 4.87. The van der Waals surface area contributed by atoms with E-state index < -0.39 is 0 Å². The molecule has 23 heavy (non-hydrogen) atoms. The van der Waals surface area contributed by atoms with Gasteiger partial charge in [0.25, 0.3) is 0 Å². The molecule has 1 saturated heterocycles. The van der Waals surface area contributed by atoms with Crippen molar-refractivity contribution in [1.29, 1.82) is 0 Å². The standard InChI is InChI=1S/C15H30N4O2S.HI/c1-4-16-14(17-9-6-12-22-3)18-13-7-10-19(11-8-13)15(20)21-5-2;/h13H,4-12H2,1-3H3,(H2,16,17,18);1H. The van der Waals surface area contributed by atoms with Gasteiger partial charge in [-0.2, -0.15) is 11.8 Å². The Morgan fingerprint density at radius 3 is 2.61 bits per heavy atom. The number of carbonyl (C=O) groups is 1. The summed E-state index contributed by atoms with van der Waals surface area (Å²) in [4.78, 5) is 18.1. The lowest BCUT2D eigenvalue weighted by atomic mass is 10.1. The Morgan fingerprint density at radius 1 is 1.35 bits per heavy atom. The molecule has 0 aromatic carbocycles. The maximum atomic E-state index is 11.7. The monoisotopic (exact) mass is 458 g/mol. The predicted octanol–water partition coefficient (Wildman–Crippen LogP) is 2.53. The summed E-state index contributed by atoms with van der Waals surface area (Å²) in [7, 11) is 0. The van der Waals surface area contributed by atoms with Crippen LogP contribution in [0.2, 0.25) is 0 Å². The molecule has 0 saturated carbocycles. The fourth-order valence-electron chi connectivity index (χ4n) is 2.33. The summed E-state index contributed by atoms with van der Waals surface area (Å²) in [5.41, 5.74) is 0. The highest BCUT2D eigenvalue weighted by molar-refractivity contribution is 14.0. The minimum atomic E-state index is -0.196. The fraction of sp³-hybridized carbons (Fsp3) is 0.867. The van der Waals surface area contributed by atoms with E-state index >= 15 is 0 Å². The number of halogens is 1. The van der Waals surface area contributed by atoms with E-state index in [1.165, 1.54) is 0 Å². The SMILES string of the molecule is CCNC(=NCCCSC)NC1CCN(C(=O)OCC)CC1.I. The van der Waals surface area contributed by atoms with Crippen molar-refractivity contribution >= 4 is 47.8 Å². The molecule has 1 aliphatic heterocycles. The van der Waals surface area contributed by atoms with Crippen molar-refractivity contribution in [3.8, 4) is 0 Å². The number of carbonyl (C=O) groups excluding carboxylic acids is 1. The second kappa shape index (κ2) is 14.0. The van der Waals surface area contributed by atoms with Gasteiger partial charge in [0.05, 0.1) is 6.61 Å². The lowest BCUT2D eigenvalue weighted by molar-refractivity contribution is 0.0963. The number of hydrogen-bond acceptors (Lipinski definition) is 4. The first-order chi connectivity index (χ1) is 10.7. The van der Waals surface area contributed by atoms with Crippen molar-refractivity contribution in [3.63, 3.8) is 0 Å². The van der Waals surface area contributed by atoms with Crippen LogP contribution >= 0.6 is 35.7 Å². The number of rotatable bonds is 7. The van der Waals surface area contributed by atoms with Crippen molar-refractivity contribution in [3.05, 3.63) is 0 Å². The number of ether oxygens (including phenoxy) is 1. The number of nitrogens with one attached hydrogen (secondary N) is 2. The summed E-state index contributed by atoms with van der Waals surface area (Å²) in [5, 5.41) is 6.77. The Kier molecular flexibility index (Phi) is 13.8. The van der Waals surface area contributed by atoms with Gasteiger partial charge in [0.1, 0.15) is 0 Å². The topological polar surface area (TPSA) is 66.0 Å². The summed E-state index contributed by atoms with van der Waals surface area (Å²) < 4.78 is 5.04. The number of nitrogens with zero attached hydrogens (tertiary/aromatic N) is 2. The van der Waals surface area contributed by atoms with E-state index in [-0.39, 0.29) is 30.1 Å². The Morgan fingerprint density at radius 2 is 2.04 bits per heavy atom. The van der Waals surface area contributed by atoms with Crippen LogP contribution in [0.1, 0.15) is 33.1 Å². The third kappa shape index (κ3) is 9.49. The number of thioether (sulfide) groups is 1. The largest absolute Gasteiger partial charge is 0.450 e. The lowest BCUT2D eigenvalue weighted by Crippen LogP contribution is -2.49. The Bertz CT molecular complexity index is 350. The summed E-state index contributed by atoms with van der Waals surface area (Å²) >= 11 is 1.85. The van der Waals surface area contributed by atoms with Crippen LogP contribution in [0.3, 0.4) is 0 Å². The van der Waals surface area contributed by atoms with Gasteiger partial charge >= 0.3 is 6.09 Å². The molecular weight excluding hydrogens is 427 g/mol. The zero-order valence-electron chi connectivity index (χ0n) is 14.5. The van der Waals surface area contributed by atoms with E-state index in [4.69, 9.17) is 4.74 Å². The van der Waals surface area contributed by atoms with Crippen molar-refractivity contribution in [2.75, 3.05) is 44.8 Å². The van der Waals surface area contributed by atoms with Gasteiger partial charge in [-0.25, -0.2) is 4.79 Å². The molecule has 1 heterocycles. The second-order valence-electron chi connectivity index (χ2n) is 5.21. The quantitative estimate of drug-likeness (QED) is 0.266. The smallest absolute Gasteiger partial charge is 0.409 e. The molecule has 0 aliphatic carbocycles. The van der Waals surface area contributed by atoms with Crippen LogP contribution < -0.4 is 10.6 Å². The Hall–Kier alpha value is -0.380. The van der Waals surface area contributed by atoms with Crippen LogP contribution in [0.25, 0.3) is 0 Å². The Labute approximate surface area is 161 Å². The highest BCUT2D eigenvalue weighted by atomic mass is 127. The van der Waals surface area contributed by atoms with Crippen molar-refractivity contribution < 1.29 is 9.53 Å². The molecule has 1 fully saturated rings. The molecule has 136 valence electrons. The molecule has 0 spiro atoms. The minimum Gasteiger partial charge on any atom is -0.450 e. The van der Waals surface area contributed by atoms with Gasteiger partial charge in [-0.05, 0) is 45.1 Å². The Balaban J connectivity index is 0.00000484. The average molecular weight is 458 g/mol. The predicted molar refractivity (Wildman–Crippen MR) is 109 cm³/mol. The number of aliphatic imine (C=N–C) groups is 1. The molecule has 0 bridgehead atoms. The highest BCUT2D eigenvalue weighted by Gasteiger charge is 2.23. The van der Waals surface area contributed by atoms with Crippen LogP contribution in [0.15, 0.2) is 4.99 Å². The van der Waals surface area contributed by atoms with E-state index in [2.05, 4.69) is 28.8 Å². The van der Waals surface area contributed by atoms with Crippen molar-refractivity contribution in [2.45, 2.75) is 39.2 Å². The molecule has 0 aromatic rings. The number of piperidine rings is 1. The molecule has 0 atom stereocenters. The molecule has 0 aromatic heterocycles. The van der Waals surface area contributed by atoms with Gasteiger partial charge in [-0.15, -0.1) is 24.0 Å². The number of likely N-dealkylation sites (tertiary alicyclic amines) is 1. The third-order valence-electron chi connectivity index (χ3n) is 3.48. The first kappa shape index (κ1) is 22.6. The number of amides is 1. The maximum Gasteiger partial charge on any atom is 0.409 e. The van der Waals surface area contributed by atoms with Gasteiger partial charge < -0.3 is 20.3 Å². The number of hydrogen-bond donors (Lipinski definition) is 2. The van der Waals surface area contributed by atoms with E-state index in [9.17, 15) is 4.79 Å². The van der Waals surface area contributed by atoms with Crippen LogP contribution in [0, 0.1) is 0 Å². The average Bonchev–Trinajstić information content (AvgIpc) is 2.52. The molecule has 0 radical (unpaired) electrons. The second-order valence-corrected chi connectivity index (χ2v) is 6.20. The molecule has 0 unspecified atom stereocenters. The van der Waals surface area contributed by atoms with E-state index in [0.717, 1.165) is 57.2 Å². The van der Waals surface area contributed by atoms with Crippen LogP contribution in [0.5, 0.6) is 0 Å². The van der Waals surface area contributed by atoms with E-state index in [0.29, 0.717) is 12.6 Å². The molecular formula is C15H31IN4O2S. The van der Waals surface area contributed by atoms with Gasteiger partial charge in [-0.1, -0.05) is 0 Å². The zero-order chi connectivity index (χ0) is 16.2. The summed E-state index contributed by atoms with van der Waals surface area (Å²) in [6, 6.07) is 0.365. The molecule has 8 heteroatoms. The lowest BCUT2D eigenvalue weighted by Gasteiger charge is -2.32. The van der Waals surface area contributed by atoms with Crippen LogP contribution in [-0.2, 0) is 4.74 Å². The van der Waals surface area contributed by atoms with Crippen molar-refractivity contribution in [1.82, 2.24) is 15.5 Å². The van der Waals surface area contributed by atoms with Gasteiger partial charge in [-0.3, -0.25) is 4.99 Å². The normalized spacial score (nSPS) is 15.8. The fourth-order valence-corrected chi connectivity index (χ4v) is 2.75. The number of guanidine groups is 1. The van der Waals surface area contributed by atoms with Gasteiger partial charge in [0, 0.05) is 32.2 Å². The molecule has 1 rings (SSSR count). The van der Waals surface area contributed by atoms with Crippen LogP contribution in [0.4, 0.5) is 4.79 Å². The first-order valence-corrected chi connectivity index (χ1v) is 9.56. The van der Waals surface area contributed by atoms with Crippen molar-refractivity contribution in [2.24, 2.45) is 4.99 Å². The third-order valence-corrected chi connectivity index (χ3v) is 4.18. The molecule has 2 N–H and O–H groups in total. The van der Waals surface area contributed by atoms with Gasteiger partial charge in [0.15, 0.2) is 5.96 Å². The van der Waals surface area contributed by atoms with Crippen LogP contribution in [-0.4, -0.2) is 67.8 Å². The van der Waals surface area contributed by atoms with E-state index in [1.807, 2.05) is 18.7 Å². The molecule has 1 aliphatic rings.